The van der Waals surface area contributed by atoms with Crippen LogP contribution in [0.2, 0.25) is 0 Å². The fourth-order valence-corrected chi connectivity index (χ4v) is 2.91. The first kappa shape index (κ1) is 15.3. The molecule has 2 amide bonds. The van der Waals surface area contributed by atoms with E-state index in [1.807, 2.05) is 6.92 Å². The van der Waals surface area contributed by atoms with E-state index in [-0.39, 0.29) is 30.3 Å². The molecular formula is C12H22N2O3S. The van der Waals surface area contributed by atoms with Gasteiger partial charge in [0, 0.05) is 19.7 Å². The summed E-state index contributed by atoms with van der Waals surface area (Å²) in [7, 11) is 0. The van der Waals surface area contributed by atoms with Crippen molar-refractivity contribution in [3.8, 4) is 0 Å². The van der Waals surface area contributed by atoms with Gasteiger partial charge in [-0.15, -0.1) is 0 Å². The highest BCUT2D eigenvalue weighted by atomic mass is 32.2. The Hall–Kier alpha value is -0.750. The van der Waals surface area contributed by atoms with Crippen LogP contribution < -0.4 is 5.73 Å². The van der Waals surface area contributed by atoms with Gasteiger partial charge in [-0.05, 0) is 24.5 Å². The average molecular weight is 274 g/mol. The van der Waals surface area contributed by atoms with Gasteiger partial charge >= 0.3 is 0 Å². The molecule has 1 rings (SSSR count). The summed E-state index contributed by atoms with van der Waals surface area (Å²) in [4.78, 5) is 24.8. The van der Waals surface area contributed by atoms with E-state index in [0.717, 1.165) is 25.1 Å². The first-order valence-electron chi connectivity index (χ1n) is 6.30. The minimum Gasteiger partial charge on any atom is -0.396 e. The lowest BCUT2D eigenvalue weighted by molar-refractivity contribution is -0.132. The summed E-state index contributed by atoms with van der Waals surface area (Å²) in [5.74, 6) is 0.960. The predicted molar refractivity (Wildman–Crippen MR) is 72.1 cm³/mol. The number of aliphatic hydroxyl groups excluding tert-OH is 1. The third kappa shape index (κ3) is 4.86. The molecule has 1 aliphatic rings. The summed E-state index contributed by atoms with van der Waals surface area (Å²) in [6, 6.07) is 0. The number of carbonyl (C=O) groups excluding carboxylic acids is 2. The molecule has 18 heavy (non-hydrogen) atoms. The van der Waals surface area contributed by atoms with Crippen LogP contribution in [0.25, 0.3) is 0 Å². The number of hydrogen-bond acceptors (Lipinski definition) is 4. The zero-order chi connectivity index (χ0) is 13.5. The lowest BCUT2D eigenvalue weighted by Gasteiger charge is -2.31. The molecule has 3 N–H and O–H groups in total. The number of rotatable bonds is 6. The van der Waals surface area contributed by atoms with E-state index in [1.54, 1.807) is 4.90 Å². The molecule has 0 bridgehead atoms. The standard InChI is InChI=1S/C12H22N2O3S/c1-9(6-15)7-18-8-11(16)14-4-2-3-10(5-14)12(13)17/h9-10,15H,2-8H2,1H3,(H2,13,17). The predicted octanol–water partition coefficient (Wildman–Crippen LogP) is 0.0719. The molecule has 0 aromatic rings. The van der Waals surface area contributed by atoms with E-state index in [4.69, 9.17) is 10.8 Å². The van der Waals surface area contributed by atoms with Crippen LogP contribution in [0.3, 0.4) is 0 Å². The number of likely N-dealkylation sites (tertiary alicyclic amines) is 1. The lowest BCUT2D eigenvalue weighted by atomic mass is 9.97. The third-order valence-electron chi connectivity index (χ3n) is 3.12. The Morgan fingerprint density at radius 3 is 2.89 bits per heavy atom. The summed E-state index contributed by atoms with van der Waals surface area (Å²) in [5.41, 5.74) is 5.28. The van der Waals surface area contributed by atoms with Crippen LogP contribution in [0.4, 0.5) is 0 Å². The van der Waals surface area contributed by atoms with Gasteiger partial charge in [-0.25, -0.2) is 0 Å². The van der Waals surface area contributed by atoms with Gasteiger partial charge in [0.2, 0.25) is 11.8 Å². The molecule has 0 spiro atoms. The zero-order valence-corrected chi connectivity index (χ0v) is 11.6. The smallest absolute Gasteiger partial charge is 0.232 e. The van der Waals surface area contributed by atoms with Gasteiger partial charge in [0.15, 0.2) is 0 Å². The maximum Gasteiger partial charge on any atom is 0.232 e. The molecular weight excluding hydrogens is 252 g/mol. The fourth-order valence-electron chi connectivity index (χ4n) is 1.93. The number of piperidine rings is 1. The van der Waals surface area contributed by atoms with Gasteiger partial charge in [-0.2, -0.15) is 11.8 Å². The fraction of sp³-hybridized carbons (Fsp3) is 0.833. The first-order valence-corrected chi connectivity index (χ1v) is 7.45. The number of aliphatic hydroxyl groups is 1. The number of amides is 2. The van der Waals surface area contributed by atoms with Crippen molar-refractivity contribution in [2.24, 2.45) is 17.6 Å². The van der Waals surface area contributed by atoms with Crippen LogP contribution in [-0.4, -0.2) is 53.0 Å². The van der Waals surface area contributed by atoms with Gasteiger partial charge in [0.1, 0.15) is 0 Å². The molecule has 0 aromatic carbocycles. The van der Waals surface area contributed by atoms with Crippen molar-refractivity contribution >= 4 is 23.6 Å². The van der Waals surface area contributed by atoms with Crippen molar-refractivity contribution in [2.45, 2.75) is 19.8 Å². The van der Waals surface area contributed by atoms with Crippen molar-refractivity contribution in [2.75, 3.05) is 31.2 Å². The first-order chi connectivity index (χ1) is 8.54. The van der Waals surface area contributed by atoms with E-state index < -0.39 is 0 Å². The largest absolute Gasteiger partial charge is 0.396 e. The second kappa shape index (κ2) is 7.63. The number of primary amides is 1. The summed E-state index contributed by atoms with van der Waals surface area (Å²) in [6.07, 6.45) is 1.63. The second-order valence-electron chi connectivity index (χ2n) is 4.88. The van der Waals surface area contributed by atoms with Gasteiger partial charge < -0.3 is 15.7 Å². The molecule has 2 unspecified atom stereocenters. The van der Waals surface area contributed by atoms with Crippen LogP contribution in [0, 0.1) is 11.8 Å². The Bertz CT molecular complexity index is 299. The summed E-state index contributed by atoms with van der Waals surface area (Å²) in [6.45, 7) is 3.28. The van der Waals surface area contributed by atoms with Crippen molar-refractivity contribution < 1.29 is 14.7 Å². The van der Waals surface area contributed by atoms with E-state index in [1.165, 1.54) is 11.8 Å². The molecule has 6 heteroatoms. The topological polar surface area (TPSA) is 83.6 Å². The van der Waals surface area contributed by atoms with E-state index >= 15 is 0 Å². The Labute approximate surface area is 112 Å². The Balaban J connectivity index is 2.30. The minimum atomic E-state index is -0.311. The number of thioether (sulfide) groups is 1. The number of nitrogens with two attached hydrogens (primary N) is 1. The van der Waals surface area contributed by atoms with Crippen LogP contribution in [-0.2, 0) is 9.59 Å². The average Bonchev–Trinajstić information content (AvgIpc) is 2.38. The Kier molecular flexibility index (Phi) is 6.49. The lowest BCUT2D eigenvalue weighted by Crippen LogP contribution is -2.44. The van der Waals surface area contributed by atoms with Gasteiger partial charge in [-0.3, -0.25) is 9.59 Å². The summed E-state index contributed by atoms with van der Waals surface area (Å²) in [5, 5.41) is 8.88. The zero-order valence-electron chi connectivity index (χ0n) is 10.8. The van der Waals surface area contributed by atoms with Crippen molar-refractivity contribution in [1.29, 1.82) is 0 Å². The highest BCUT2D eigenvalue weighted by molar-refractivity contribution is 7.99. The molecule has 5 nitrogen and oxygen atoms in total. The van der Waals surface area contributed by atoms with Crippen LogP contribution in [0.1, 0.15) is 19.8 Å². The van der Waals surface area contributed by atoms with Crippen LogP contribution in [0.5, 0.6) is 0 Å². The van der Waals surface area contributed by atoms with E-state index in [9.17, 15) is 9.59 Å². The maximum absolute atomic E-state index is 11.9. The maximum atomic E-state index is 11.9. The molecule has 0 aromatic heterocycles. The molecule has 1 saturated heterocycles. The number of hydrogen-bond donors (Lipinski definition) is 2. The van der Waals surface area contributed by atoms with Crippen LogP contribution >= 0.6 is 11.8 Å². The molecule has 0 saturated carbocycles. The number of carbonyl (C=O) groups is 2. The van der Waals surface area contributed by atoms with Gasteiger partial charge in [0.25, 0.3) is 0 Å². The Morgan fingerprint density at radius 2 is 2.28 bits per heavy atom. The molecule has 104 valence electrons. The molecule has 1 heterocycles. The SMILES string of the molecule is CC(CO)CSCC(=O)N1CCCC(C(N)=O)C1. The van der Waals surface area contributed by atoms with E-state index in [0.29, 0.717) is 12.3 Å². The second-order valence-corrected chi connectivity index (χ2v) is 5.91. The molecule has 1 fully saturated rings. The summed E-state index contributed by atoms with van der Waals surface area (Å²) >= 11 is 1.53. The van der Waals surface area contributed by atoms with Crippen molar-refractivity contribution in [1.82, 2.24) is 4.90 Å². The molecule has 0 aliphatic carbocycles. The number of nitrogens with zero attached hydrogens (tertiary/aromatic N) is 1. The highest BCUT2D eigenvalue weighted by Crippen LogP contribution is 2.17. The third-order valence-corrected chi connectivity index (χ3v) is 4.37. The minimum absolute atomic E-state index is 0.0658. The van der Waals surface area contributed by atoms with Gasteiger partial charge in [0.05, 0.1) is 11.7 Å². The summed E-state index contributed by atoms with van der Waals surface area (Å²) < 4.78 is 0. The normalized spacial score (nSPS) is 21.7. The molecule has 2 atom stereocenters. The van der Waals surface area contributed by atoms with Crippen molar-refractivity contribution in [3.63, 3.8) is 0 Å². The van der Waals surface area contributed by atoms with Gasteiger partial charge in [-0.1, -0.05) is 6.92 Å². The quantitative estimate of drug-likeness (QED) is 0.718. The van der Waals surface area contributed by atoms with Crippen molar-refractivity contribution in [3.05, 3.63) is 0 Å². The molecule has 0 radical (unpaired) electrons. The Morgan fingerprint density at radius 1 is 1.56 bits per heavy atom. The van der Waals surface area contributed by atoms with E-state index in [2.05, 4.69) is 0 Å². The monoisotopic (exact) mass is 274 g/mol. The molecule has 1 aliphatic heterocycles. The van der Waals surface area contributed by atoms with Crippen LogP contribution in [0.15, 0.2) is 0 Å². The highest BCUT2D eigenvalue weighted by Gasteiger charge is 2.26.